The molecule has 0 heterocycles. The predicted octanol–water partition coefficient (Wildman–Crippen LogP) is 2.69. The molecule has 0 radical (unpaired) electrons. The number of carbonyl (C=O) groups is 2. The molecule has 0 aliphatic carbocycles. The van der Waals surface area contributed by atoms with Crippen LogP contribution in [-0.2, 0) is 11.3 Å². The first-order valence-corrected chi connectivity index (χ1v) is 7.28. The van der Waals surface area contributed by atoms with Crippen molar-refractivity contribution in [2.24, 2.45) is 0 Å². The summed E-state index contributed by atoms with van der Waals surface area (Å²) in [5.74, 6) is -0.503. The second-order valence-corrected chi connectivity index (χ2v) is 5.39. The average Bonchev–Trinajstić information content (AvgIpc) is 2.52. The Morgan fingerprint density at radius 2 is 1.59 bits per heavy atom. The molecule has 0 spiro atoms. The van der Waals surface area contributed by atoms with Crippen LogP contribution in [0.5, 0.6) is 0 Å². The van der Waals surface area contributed by atoms with Crippen LogP contribution in [0.3, 0.4) is 0 Å². The van der Waals surface area contributed by atoms with Crippen LogP contribution in [0.15, 0.2) is 48.5 Å². The number of hydrogen-bond acceptors (Lipinski definition) is 2. The largest absolute Gasteiger partial charge is 0.350 e. The number of halogens is 1. The maximum absolute atomic E-state index is 11.9. The quantitative estimate of drug-likeness (QED) is 0.891. The third-order valence-corrected chi connectivity index (χ3v) is 3.38. The predicted molar refractivity (Wildman–Crippen MR) is 86.8 cm³/mol. The standard InChI is InChI=1S/C17H17ClN2O2/c1-12-2-6-14(7-3-12)17(22)20-11-16(21)19-10-13-4-8-15(18)9-5-13/h2-9H,10-11H2,1H3,(H,19,21)(H,20,22). The van der Waals surface area contributed by atoms with E-state index < -0.39 is 0 Å². The smallest absolute Gasteiger partial charge is 0.251 e. The summed E-state index contributed by atoms with van der Waals surface area (Å²) in [6.45, 7) is 2.29. The Hall–Kier alpha value is -2.33. The minimum atomic E-state index is -0.262. The van der Waals surface area contributed by atoms with E-state index in [0.29, 0.717) is 17.1 Å². The zero-order valence-electron chi connectivity index (χ0n) is 12.2. The summed E-state index contributed by atoms with van der Waals surface area (Å²) in [6, 6.07) is 14.4. The van der Waals surface area contributed by atoms with Gasteiger partial charge >= 0.3 is 0 Å². The van der Waals surface area contributed by atoms with Crippen molar-refractivity contribution in [2.45, 2.75) is 13.5 Å². The fourth-order valence-corrected chi connectivity index (χ4v) is 1.96. The monoisotopic (exact) mass is 316 g/mol. The van der Waals surface area contributed by atoms with Crippen molar-refractivity contribution in [1.29, 1.82) is 0 Å². The van der Waals surface area contributed by atoms with Crippen LogP contribution in [-0.4, -0.2) is 18.4 Å². The molecule has 0 unspecified atom stereocenters. The molecule has 0 fully saturated rings. The summed E-state index contributed by atoms with van der Waals surface area (Å²) in [5, 5.41) is 5.98. The molecule has 2 aromatic carbocycles. The lowest BCUT2D eigenvalue weighted by molar-refractivity contribution is -0.120. The Balaban J connectivity index is 1.76. The van der Waals surface area contributed by atoms with Gasteiger partial charge in [0.15, 0.2) is 0 Å². The van der Waals surface area contributed by atoms with Gasteiger partial charge in [0, 0.05) is 17.1 Å². The normalized spacial score (nSPS) is 10.1. The Morgan fingerprint density at radius 3 is 2.23 bits per heavy atom. The van der Waals surface area contributed by atoms with Gasteiger partial charge in [0.2, 0.25) is 5.91 Å². The molecule has 0 atom stereocenters. The lowest BCUT2D eigenvalue weighted by Gasteiger charge is -2.07. The Morgan fingerprint density at radius 1 is 0.955 bits per heavy atom. The summed E-state index contributed by atoms with van der Waals surface area (Å²) in [5.41, 5.74) is 2.57. The number of hydrogen-bond donors (Lipinski definition) is 2. The van der Waals surface area contributed by atoms with E-state index >= 15 is 0 Å². The van der Waals surface area contributed by atoms with Crippen molar-refractivity contribution in [3.05, 3.63) is 70.2 Å². The molecular formula is C17H17ClN2O2. The fourth-order valence-electron chi connectivity index (χ4n) is 1.83. The van der Waals surface area contributed by atoms with Crippen LogP contribution in [0, 0.1) is 6.92 Å². The van der Waals surface area contributed by atoms with Gasteiger partial charge in [-0.3, -0.25) is 9.59 Å². The van der Waals surface area contributed by atoms with Gasteiger partial charge in [-0.25, -0.2) is 0 Å². The molecule has 2 aromatic rings. The first kappa shape index (κ1) is 16.0. The number of amides is 2. The zero-order valence-corrected chi connectivity index (χ0v) is 13.0. The van der Waals surface area contributed by atoms with E-state index in [2.05, 4.69) is 10.6 Å². The number of aryl methyl sites for hydroxylation is 1. The summed E-state index contributed by atoms with van der Waals surface area (Å²) in [6.07, 6.45) is 0. The first-order valence-electron chi connectivity index (χ1n) is 6.90. The highest BCUT2D eigenvalue weighted by atomic mass is 35.5. The number of carbonyl (C=O) groups excluding carboxylic acids is 2. The van der Waals surface area contributed by atoms with Crippen LogP contribution < -0.4 is 10.6 Å². The SMILES string of the molecule is Cc1ccc(C(=O)NCC(=O)NCc2ccc(Cl)cc2)cc1. The van der Waals surface area contributed by atoms with E-state index in [4.69, 9.17) is 11.6 Å². The van der Waals surface area contributed by atoms with Gasteiger partial charge in [-0.1, -0.05) is 41.4 Å². The fraction of sp³-hybridized carbons (Fsp3) is 0.176. The van der Waals surface area contributed by atoms with E-state index in [1.54, 1.807) is 24.3 Å². The van der Waals surface area contributed by atoms with E-state index in [9.17, 15) is 9.59 Å². The molecule has 0 aliphatic rings. The molecule has 0 aliphatic heterocycles. The van der Waals surface area contributed by atoms with Crippen LogP contribution in [0.1, 0.15) is 21.5 Å². The van der Waals surface area contributed by atoms with Crippen molar-refractivity contribution in [3.8, 4) is 0 Å². The lowest BCUT2D eigenvalue weighted by Crippen LogP contribution is -2.36. The highest BCUT2D eigenvalue weighted by Gasteiger charge is 2.07. The van der Waals surface area contributed by atoms with Crippen molar-refractivity contribution < 1.29 is 9.59 Å². The van der Waals surface area contributed by atoms with Crippen LogP contribution in [0.4, 0.5) is 0 Å². The van der Waals surface area contributed by atoms with Gasteiger partial charge in [-0.15, -0.1) is 0 Å². The minimum Gasteiger partial charge on any atom is -0.350 e. The van der Waals surface area contributed by atoms with Crippen molar-refractivity contribution >= 4 is 23.4 Å². The summed E-state index contributed by atoms with van der Waals surface area (Å²) < 4.78 is 0. The lowest BCUT2D eigenvalue weighted by atomic mass is 10.1. The second kappa shape index (κ2) is 7.61. The maximum Gasteiger partial charge on any atom is 0.251 e. The Kier molecular flexibility index (Phi) is 5.55. The number of benzene rings is 2. The molecule has 2 amide bonds. The summed E-state index contributed by atoms with van der Waals surface area (Å²) in [4.78, 5) is 23.6. The molecule has 2 rings (SSSR count). The van der Waals surface area contributed by atoms with E-state index in [1.807, 2.05) is 31.2 Å². The topological polar surface area (TPSA) is 58.2 Å². The zero-order chi connectivity index (χ0) is 15.9. The molecule has 0 saturated carbocycles. The highest BCUT2D eigenvalue weighted by molar-refractivity contribution is 6.30. The summed E-state index contributed by atoms with van der Waals surface area (Å²) in [7, 11) is 0. The van der Waals surface area contributed by atoms with Gasteiger partial charge in [0.05, 0.1) is 6.54 Å². The van der Waals surface area contributed by atoms with Gasteiger partial charge < -0.3 is 10.6 Å². The first-order chi connectivity index (χ1) is 10.5. The Labute approximate surface area is 134 Å². The third-order valence-electron chi connectivity index (χ3n) is 3.13. The molecule has 0 aromatic heterocycles. The average molecular weight is 317 g/mol. The third kappa shape index (κ3) is 4.90. The van der Waals surface area contributed by atoms with Gasteiger partial charge in [0.1, 0.15) is 0 Å². The van der Waals surface area contributed by atoms with Gasteiger partial charge in [0.25, 0.3) is 5.91 Å². The molecule has 4 nitrogen and oxygen atoms in total. The highest BCUT2D eigenvalue weighted by Crippen LogP contribution is 2.09. The molecule has 22 heavy (non-hydrogen) atoms. The number of nitrogens with one attached hydrogen (secondary N) is 2. The molecule has 0 saturated heterocycles. The van der Waals surface area contributed by atoms with E-state index in [-0.39, 0.29) is 18.4 Å². The van der Waals surface area contributed by atoms with Crippen molar-refractivity contribution in [1.82, 2.24) is 10.6 Å². The summed E-state index contributed by atoms with van der Waals surface area (Å²) >= 11 is 5.79. The van der Waals surface area contributed by atoms with Gasteiger partial charge in [-0.2, -0.15) is 0 Å². The van der Waals surface area contributed by atoms with E-state index in [1.165, 1.54) is 0 Å². The number of rotatable bonds is 5. The van der Waals surface area contributed by atoms with Crippen LogP contribution >= 0.6 is 11.6 Å². The van der Waals surface area contributed by atoms with Crippen molar-refractivity contribution in [3.63, 3.8) is 0 Å². The van der Waals surface area contributed by atoms with E-state index in [0.717, 1.165) is 11.1 Å². The molecule has 2 N–H and O–H groups in total. The van der Waals surface area contributed by atoms with Crippen LogP contribution in [0.2, 0.25) is 5.02 Å². The molecular weight excluding hydrogens is 300 g/mol. The van der Waals surface area contributed by atoms with Crippen molar-refractivity contribution in [2.75, 3.05) is 6.54 Å². The second-order valence-electron chi connectivity index (χ2n) is 4.95. The van der Waals surface area contributed by atoms with Crippen LogP contribution in [0.25, 0.3) is 0 Å². The molecule has 5 heteroatoms. The molecule has 114 valence electrons. The Bertz CT molecular complexity index is 651. The molecule has 0 bridgehead atoms. The minimum absolute atomic E-state index is 0.0553. The van der Waals surface area contributed by atoms with Gasteiger partial charge in [-0.05, 0) is 36.8 Å². The maximum atomic E-state index is 11.9.